The molecule has 0 saturated carbocycles. The number of aryl methyl sites for hydroxylation is 1. The lowest BCUT2D eigenvalue weighted by Crippen LogP contribution is -1.86. The molecule has 0 bridgehead atoms. The van der Waals surface area contributed by atoms with Crippen molar-refractivity contribution >= 4 is 64.0 Å². The van der Waals surface area contributed by atoms with Crippen LogP contribution in [-0.2, 0) is 0 Å². The van der Waals surface area contributed by atoms with Gasteiger partial charge in [-0.1, -0.05) is 54.6 Å². The van der Waals surface area contributed by atoms with Gasteiger partial charge in [0.15, 0.2) is 0 Å². The number of thiophene rings is 1. The van der Waals surface area contributed by atoms with E-state index in [9.17, 15) is 0 Å². The molecular formula is C24H15NS. The van der Waals surface area contributed by atoms with Gasteiger partial charge in [-0.15, -0.1) is 11.3 Å². The second-order valence-corrected chi connectivity index (χ2v) is 7.95. The van der Waals surface area contributed by atoms with Crippen molar-refractivity contribution in [3.63, 3.8) is 0 Å². The van der Waals surface area contributed by atoms with Crippen LogP contribution in [0.3, 0.4) is 0 Å². The maximum absolute atomic E-state index is 4.91. The van der Waals surface area contributed by atoms with Crippen LogP contribution in [0.5, 0.6) is 0 Å². The first-order valence-electron chi connectivity index (χ1n) is 8.82. The molecule has 122 valence electrons. The van der Waals surface area contributed by atoms with E-state index < -0.39 is 0 Å². The Morgan fingerprint density at radius 1 is 0.654 bits per heavy atom. The van der Waals surface area contributed by atoms with E-state index in [1.54, 1.807) is 0 Å². The van der Waals surface area contributed by atoms with Crippen molar-refractivity contribution in [2.45, 2.75) is 6.92 Å². The molecule has 0 aliphatic heterocycles. The summed E-state index contributed by atoms with van der Waals surface area (Å²) in [6, 6.07) is 24.1. The maximum atomic E-state index is 4.91. The summed E-state index contributed by atoms with van der Waals surface area (Å²) in [5, 5.41) is 8.98. The van der Waals surface area contributed by atoms with E-state index in [-0.39, 0.29) is 0 Å². The third kappa shape index (κ3) is 1.77. The Bertz CT molecular complexity index is 1490. The summed E-state index contributed by atoms with van der Waals surface area (Å²) in [5.41, 5.74) is 2.41. The number of rotatable bonds is 0. The van der Waals surface area contributed by atoms with Crippen LogP contribution in [0.15, 0.2) is 72.9 Å². The first-order chi connectivity index (χ1) is 12.8. The number of fused-ring (bicyclic) bond motifs is 9. The molecule has 26 heavy (non-hydrogen) atoms. The van der Waals surface area contributed by atoms with Crippen molar-refractivity contribution in [2.75, 3.05) is 0 Å². The van der Waals surface area contributed by atoms with Crippen molar-refractivity contribution in [3.8, 4) is 0 Å². The van der Waals surface area contributed by atoms with Crippen LogP contribution in [0.2, 0.25) is 0 Å². The molecule has 2 heterocycles. The minimum absolute atomic E-state index is 1.11. The number of nitrogens with zero attached hydrogens (tertiary/aromatic N) is 1. The fourth-order valence-corrected chi connectivity index (χ4v) is 5.39. The largest absolute Gasteiger partial charge is 0.255 e. The highest BCUT2D eigenvalue weighted by Gasteiger charge is 2.12. The Morgan fingerprint density at radius 2 is 1.35 bits per heavy atom. The standard InChI is InChI=1S/C24H15NS/c1-14-12-20-17(16-7-3-2-6-15(14)16)10-11-19-23(20)25-13-21-18-8-4-5-9-22(18)26-24(19)21/h2-13H,1H3. The molecule has 4 aromatic carbocycles. The van der Waals surface area contributed by atoms with Gasteiger partial charge in [0.05, 0.1) is 5.52 Å². The molecule has 0 fully saturated rings. The average Bonchev–Trinajstić information content (AvgIpc) is 3.07. The van der Waals surface area contributed by atoms with Crippen LogP contribution >= 0.6 is 11.3 Å². The minimum Gasteiger partial charge on any atom is -0.255 e. The van der Waals surface area contributed by atoms with Gasteiger partial charge in [0.2, 0.25) is 0 Å². The Balaban J connectivity index is 1.85. The van der Waals surface area contributed by atoms with Gasteiger partial charge in [-0.05, 0) is 40.8 Å². The molecule has 0 aliphatic carbocycles. The van der Waals surface area contributed by atoms with E-state index in [1.165, 1.54) is 52.7 Å². The van der Waals surface area contributed by atoms with Gasteiger partial charge in [-0.3, -0.25) is 4.98 Å². The van der Waals surface area contributed by atoms with Gasteiger partial charge in [-0.2, -0.15) is 0 Å². The average molecular weight is 349 g/mol. The second-order valence-electron chi connectivity index (χ2n) is 6.90. The van der Waals surface area contributed by atoms with E-state index in [4.69, 9.17) is 4.98 Å². The summed E-state index contributed by atoms with van der Waals surface area (Å²) in [6.45, 7) is 2.19. The monoisotopic (exact) mass is 349 g/mol. The molecule has 0 N–H and O–H groups in total. The molecule has 0 saturated heterocycles. The van der Waals surface area contributed by atoms with Gasteiger partial charge in [0.1, 0.15) is 0 Å². The minimum atomic E-state index is 1.11. The highest BCUT2D eigenvalue weighted by Crippen LogP contribution is 2.40. The summed E-state index contributed by atoms with van der Waals surface area (Å²) in [5.74, 6) is 0. The summed E-state index contributed by atoms with van der Waals surface area (Å²) in [7, 11) is 0. The zero-order valence-corrected chi connectivity index (χ0v) is 15.1. The lowest BCUT2D eigenvalue weighted by Gasteiger charge is -2.10. The molecule has 0 spiro atoms. The van der Waals surface area contributed by atoms with Gasteiger partial charge >= 0.3 is 0 Å². The first-order valence-corrected chi connectivity index (χ1v) is 9.64. The highest BCUT2D eigenvalue weighted by molar-refractivity contribution is 7.26. The van der Waals surface area contributed by atoms with Crippen LogP contribution < -0.4 is 0 Å². The van der Waals surface area contributed by atoms with E-state index in [2.05, 4.69) is 79.9 Å². The van der Waals surface area contributed by atoms with Gasteiger partial charge < -0.3 is 0 Å². The number of aromatic nitrogens is 1. The zero-order chi connectivity index (χ0) is 17.3. The molecule has 2 heteroatoms. The molecule has 0 unspecified atom stereocenters. The summed E-state index contributed by atoms with van der Waals surface area (Å²) in [6.07, 6.45) is 2.06. The normalized spacial score (nSPS) is 12.0. The fourth-order valence-electron chi connectivity index (χ4n) is 4.19. The van der Waals surface area contributed by atoms with Crippen LogP contribution in [0.25, 0.3) is 52.6 Å². The van der Waals surface area contributed by atoms with E-state index >= 15 is 0 Å². The third-order valence-corrected chi connectivity index (χ3v) is 6.64. The molecule has 0 radical (unpaired) electrons. The maximum Gasteiger partial charge on any atom is 0.0795 e. The Labute approximate surface area is 154 Å². The highest BCUT2D eigenvalue weighted by atomic mass is 32.1. The predicted molar refractivity (Wildman–Crippen MR) is 114 cm³/mol. The van der Waals surface area contributed by atoms with Crippen LogP contribution in [0.1, 0.15) is 5.56 Å². The van der Waals surface area contributed by atoms with Crippen LogP contribution in [-0.4, -0.2) is 4.98 Å². The quantitative estimate of drug-likeness (QED) is 0.264. The summed E-state index contributed by atoms with van der Waals surface area (Å²) >= 11 is 1.87. The molecule has 6 rings (SSSR count). The molecule has 0 atom stereocenters. The molecule has 6 aromatic rings. The molecule has 0 aliphatic rings. The number of hydrogen-bond acceptors (Lipinski definition) is 2. The molecular weight excluding hydrogens is 334 g/mol. The van der Waals surface area contributed by atoms with Crippen molar-refractivity contribution in [1.29, 1.82) is 0 Å². The van der Waals surface area contributed by atoms with E-state index in [0.29, 0.717) is 0 Å². The van der Waals surface area contributed by atoms with Gasteiger partial charge in [-0.25, -0.2) is 0 Å². The Hall–Kier alpha value is -2.97. The van der Waals surface area contributed by atoms with Gasteiger partial charge in [0, 0.05) is 37.1 Å². The first kappa shape index (κ1) is 14.2. The summed E-state index contributed by atoms with van der Waals surface area (Å²) < 4.78 is 2.66. The Kier molecular flexibility index (Phi) is 2.75. The van der Waals surface area contributed by atoms with Crippen molar-refractivity contribution in [1.82, 2.24) is 4.98 Å². The van der Waals surface area contributed by atoms with Crippen molar-refractivity contribution in [2.24, 2.45) is 0 Å². The molecule has 0 amide bonds. The zero-order valence-electron chi connectivity index (χ0n) is 14.3. The number of pyridine rings is 1. The van der Waals surface area contributed by atoms with Crippen LogP contribution in [0.4, 0.5) is 0 Å². The number of benzene rings is 4. The third-order valence-electron chi connectivity index (χ3n) is 5.42. The molecule has 2 aromatic heterocycles. The molecule has 1 nitrogen and oxygen atoms in total. The van der Waals surface area contributed by atoms with E-state index in [1.807, 2.05) is 11.3 Å². The SMILES string of the molecule is Cc1cc2c(ccc3c2ncc2c4ccccc4sc23)c2ccccc12. The predicted octanol–water partition coefficient (Wildman–Crippen LogP) is 7.22. The van der Waals surface area contributed by atoms with Crippen molar-refractivity contribution in [3.05, 3.63) is 78.5 Å². The topological polar surface area (TPSA) is 12.9 Å². The van der Waals surface area contributed by atoms with E-state index in [0.717, 1.165) is 5.52 Å². The number of hydrogen-bond donors (Lipinski definition) is 0. The smallest absolute Gasteiger partial charge is 0.0795 e. The lowest BCUT2D eigenvalue weighted by molar-refractivity contribution is 1.46. The fraction of sp³-hybridized carbons (Fsp3) is 0.0417. The second kappa shape index (κ2) is 5.03. The Morgan fingerprint density at radius 3 is 2.23 bits per heavy atom. The van der Waals surface area contributed by atoms with Crippen molar-refractivity contribution < 1.29 is 0 Å². The summed E-state index contributed by atoms with van der Waals surface area (Å²) in [4.78, 5) is 4.91. The lowest BCUT2D eigenvalue weighted by atomic mass is 9.96. The van der Waals surface area contributed by atoms with Crippen LogP contribution in [0, 0.1) is 6.92 Å². The van der Waals surface area contributed by atoms with Gasteiger partial charge in [0.25, 0.3) is 0 Å².